The summed E-state index contributed by atoms with van der Waals surface area (Å²) in [5.41, 5.74) is -0.542. The minimum Gasteiger partial charge on any atom is -0.368 e. The van der Waals surface area contributed by atoms with E-state index in [1.807, 2.05) is 13.8 Å². The molecule has 0 aromatic rings. The smallest absolute Gasteiger partial charge is 0.247 e. The van der Waals surface area contributed by atoms with Crippen molar-refractivity contribution in [3.05, 3.63) is 25.3 Å². The Balaban J connectivity index is 2.24. The number of nitrogens with zero attached hydrogens (tertiary/aromatic N) is 2. The Morgan fingerprint density at radius 2 is 2.10 bits per heavy atom. The van der Waals surface area contributed by atoms with Gasteiger partial charge in [-0.25, -0.2) is 10.0 Å². The van der Waals surface area contributed by atoms with Crippen molar-refractivity contribution in [2.75, 3.05) is 13.1 Å². The van der Waals surface area contributed by atoms with E-state index in [4.69, 9.17) is 4.74 Å². The third kappa shape index (κ3) is 3.35. The van der Waals surface area contributed by atoms with Crippen LogP contribution in [-0.4, -0.2) is 47.1 Å². The first-order valence-electron chi connectivity index (χ1n) is 7.40. The third-order valence-electron chi connectivity index (χ3n) is 4.01. The van der Waals surface area contributed by atoms with E-state index in [1.165, 1.54) is 5.01 Å². The summed E-state index contributed by atoms with van der Waals surface area (Å²) in [7, 11) is 0. The fourth-order valence-corrected chi connectivity index (χ4v) is 2.73. The molecule has 2 atom stereocenters. The van der Waals surface area contributed by atoms with E-state index in [2.05, 4.69) is 13.2 Å². The first-order valence-corrected chi connectivity index (χ1v) is 7.40. The summed E-state index contributed by atoms with van der Waals surface area (Å²) in [6, 6.07) is 0. The van der Waals surface area contributed by atoms with Crippen LogP contribution in [-0.2, 0) is 14.3 Å². The number of hydrogen-bond donors (Lipinski definition) is 0. The Morgan fingerprint density at radius 1 is 1.38 bits per heavy atom. The van der Waals surface area contributed by atoms with Crippen molar-refractivity contribution in [2.24, 2.45) is 5.41 Å². The lowest BCUT2D eigenvalue weighted by Crippen LogP contribution is -2.56. The predicted molar refractivity (Wildman–Crippen MR) is 80.1 cm³/mol. The van der Waals surface area contributed by atoms with Crippen LogP contribution in [0.1, 0.15) is 33.1 Å². The van der Waals surface area contributed by atoms with Crippen molar-refractivity contribution in [1.29, 1.82) is 0 Å². The summed E-state index contributed by atoms with van der Waals surface area (Å²) in [5.74, 6) is -0.125. The van der Waals surface area contributed by atoms with E-state index in [0.717, 1.165) is 0 Å². The summed E-state index contributed by atoms with van der Waals surface area (Å²) in [5, 5.41) is 3.06. The van der Waals surface area contributed by atoms with Gasteiger partial charge < -0.3 is 4.74 Å². The minimum atomic E-state index is -0.542. The number of epoxide rings is 1. The molecule has 2 fully saturated rings. The Bertz CT molecular complexity index is 458. The van der Waals surface area contributed by atoms with E-state index < -0.39 is 5.41 Å². The number of rotatable bonds is 5. The predicted octanol–water partition coefficient (Wildman–Crippen LogP) is 1.91. The fourth-order valence-electron chi connectivity index (χ4n) is 2.73. The van der Waals surface area contributed by atoms with Crippen LogP contribution in [0.25, 0.3) is 0 Å². The molecule has 0 aromatic carbocycles. The van der Waals surface area contributed by atoms with E-state index in [1.54, 1.807) is 17.2 Å². The number of amides is 2. The van der Waals surface area contributed by atoms with E-state index in [-0.39, 0.29) is 24.0 Å². The maximum atomic E-state index is 12.8. The van der Waals surface area contributed by atoms with Crippen molar-refractivity contribution < 1.29 is 14.3 Å². The lowest BCUT2D eigenvalue weighted by atomic mass is 9.85. The van der Waals surface area contributed by atoms with Crippen LogP contribution >= 0.6 is 0 Å². The molecule has 0 bridgehead atoms. The van der Waals surface area contributed by atoms with Crippen molar-refractivity contribution in [3.63, 3.8) is 0 Å². The minimum absolute atomic E-state index is 0.0392. The number of hydrogen-bond acceptors (Lipinski definition) is 3. The summed E-state index contributed by atoms with van der Waals surface area (Å²) in [6.07, 6.45) is 5.13. The molecule has 2 rings (SSSR count). The Morgan fingerprint density at radius 3 is 2.71 bits per heavy atom. The van der Waals surface area contributed by atoms with E-state index in [9.17, 15) is 9.59 Å². The zero-order valence-corrected chi connectivity index (χ0v) is 12.9. The fraction of sp³-hybridized carbons (Fsp3) is 0.625. The van der Waals surface area contributed by atoms with Gasteiger partial charge >= 0.3 is 0 Å². The van der Waals surface area contributed by atoms with E-state index >= 15 is 0 Å². The number of allylic oxidation sites excluding steroid dienone is 1. The van der Waals surface area contributed by atoms with Gasteiger partial charge in [0, 0.05) is 11.8 Å². The van der Waals surface area contributed by atoms with Crippen LogP contribution in [0.5, 0.6) is 0 Å². The van der Waals surface area contributed by atoms with Crippen LogP contribution < -0.4 is 0 Å². The largest absolute Gasteiger partial charge is 0.368 e. The van der Waals surface area contributed by atoms with Crippen LogP contribution in [0.4, 0.5) is 0 Å². The molecule has 0 saturated carbocycles. The molecule has 2 saturated heterocycles. The number of carbonyl (C=O) groups is 2. The van der Waals surface area contributed by atoms with Crippen LogP contribution in [0.2, 0.25) is 0 Å². The standard InChI is InChI=1S/C16H24N2O3/c1-5-7-8-14(19)18-11-13-12(21-13)10-16(3,4)15(20)17(18)9-6-2/h5-6,12-13H,1-2,7-11H2,3-4H3/t12-,13+/m1/s1. The molecule has 0 unspecified atom stereocenters. The van der Waals surface area contributed by atoms with Crippen molar-refractivity contribution in [2.45, 2.75) is 45.3 Å². The monoisotopic (exact) mass is 292 g/mol. The third-order valence-corrected chi connectivity index (χ3v) is 4.01. The van der Waals surface area contributed by atoms with Gasteiger partial charge in [-0.15, -0.1) is 13.2 Å². The van der Waals surface area contributed by atoms with Crippen molar-refractivity contribution in [1.82, 2.24) is 10.0 Å². The van der Waals surface area contributed by atoms with Gasteiger partial charge in [0.15, 0.2) is 0 Å². The second-order valence-corrected chi connectivity index (χ2v) is 6.28. The highest BCUT2D eigenvalue weighted by molar-refractivity contribution is 5.86. The molecule has 0 aliphatic carbocycles. The maximum Gasteiger partial charge on any atom is 0.247 e. The van der Waals surface area contributed by atoms with Crippen molar-refractivity contribution in [3.8, 4) is 0 Å². The zero-order chi connectivity index (χ0) is 15.6. The summed E-state index contributed by atoms with van der Waals surface area (Å²) in [6.45, 7) is 11.9. The topological polar surface area (TPSA) is 53.2 Å². The first kappa shape index (κ1) is 15.8. The molecular formula is C16H24N2O3. The number of hydrazine groups is 1. The Kier molecular flexibility index (Phi) is 4.52. The van der Waals surface area contributed by atoms with Crippen LogP contribution in [0, 0.1) is 5.41 Å². The quantitative estimate of drug-likeness (QED) is 0.574. The molecule has 2 aliphatic heterocycles. The first-order chi connectivity index (χ1) is 9.90. The average molecular weight is 292 g/mol. The van der Waals surface area contributed by atoms with Gasteiger partial charge in [-0.3, -0.25) is 9.59 Å². The molecule has 2 amide bonds. The second-order valence-electron chi connectivity index (χ2n) is 6.28. The molecule has 0 N–H and O–H groups in total. The molecular weight excluding hydrogens is 268 g/mol. The molecule has 0 spiro atoms. The van der Waals surface area contributed by atoms with Gasteiger partial charge in [0.2, 0.25) is 11.8 Å². The van der Waals surface area contributed by atoms with Gasteiger partial charge in [-0.2, -0.15) is 0 Å². The lowest BCUT2D eigenvalue weighted by Gasteiger charge is -2.40. The SMILES string of the molecule is C=CCCC(=O)N1C[C@@H]2O[C@@H]2CC(C)(C)C(=O)N1CC=C. The number of carbonyl (C=O) groups excluding carboxylic acids is 2. The van der Waals surface area contributed by atoms with E-state index in [0.29, 0.717) is 32.4 Å². The van der Waals surface area contributed by atoms with Gasteiger partial charge in [0.1, 0.15) is 6.10 Å². The molecule has 116 valence electrons. The summed E-state index contributed by atoms with van der Waals surface area (Å²) >= 11 is 0. The molecule has 2 aliphatic rings. The molecule has 0 radical (unpaired) electrons. The van der Waals surface area contributed by atoms with Crippen LogP contribution in [0.3, 0.4) is 0 Å². The molecule has 21 heavy (non-hydrogen) atoms. The molecule has 2 heterocycles. The van der Waals surface area contributed by atoms with Crippen molar-refractivity contribution >= 4 is 11.8 Å². The van der Waals surface area contributed by atoms with Gasteiger partial charge in [0.05, 0.1) is 19.2 Å². The normalized spacial score (nSPS) is 27.4. The second kappa shape index (κ2) is 6.02. The van der Waals surface area contributed by atoms with Gasteiger partial charge in [-0.1, -0.05) is 26.0 Å². The highest BCUT2D eigenvalue weighted by atomic mass is 16.6. The number of ether oxygens (including phenoxy) is 1. The highest BCUT2D eigenvalue weighted by Crippen LogP contribution is 2.39. The summed E-state index contributed by atoms with van der Waals surface area (Å²) in [4.78, 5) is 25.2. The highest BCUT2D eigenvalue weighted by Gasteiger charge is 2.50. The molecule has 0 aromatic heterocycles. The van der Waals surface area contributed by atoms with Gasteiger partial charge in [-0.05, 0) is 12.8 Å². The molecule has 5 nitrogen and oxygen atoms in total. The lowest BCUT2D eigenvalue weighted by molar-refractivity contribution is -0.170. The Hall–Kier alpha value is -1.62. The molecule has 5 heteroatoms. The Labute approximate surface area is 126 Å². The summed E-state index contributed by atoms with van der Waals surface area (Å²) < 4.78 is 5.61. The number of fused-ring (bicyclic) bond motifs is 1. The van der Waals surface area contributed by atoms with Crippen LogP contribution in [0.15, 0.2) is 25.3 Å². The maximum absolute atomic E-state index is 12.8. The zero-order valence-electron chi connectivity index (χ0n) is 12.9. The van der Waals surface area contributed by atoms with Gasteiger partial charge in [0.25, 0.3) is 0 Å². The average Bonchev–Trinajstić information content (AvgIpc) is 3.14.